The number of ether oxygens (including phenoxy) is 2. The number of fused-ring (bicyclic) bond motifs is 1. The highest BCUT2D eigenvalue weighted by Gasteiger charge is 2.22. The van der Waals surface area contributed by atoms with Crippen molar-refractivity contribution in [3.05, 3.63) is 75.7 Å². The molecular weight excluding hydrogens is 374 g/mol. The van der Waals surface area contributed by atoms with Crippen molar-refractivity contribution in [1.82, 2.24) is 0 Å². The second kappa shape index (κ2) is 7.92. The summed E-state index contributed by atoms with van der Waals surface area (Å²) in [6.45, 7) is 6.23. The van der Waals surface area contributed by atoms with Gasteiger partial charge in [0.2, 0.25) is 0 Å². The zero-order chi connectivity index (χ0) is 20.4. The van der Waals surface area contributed by atoms with Gasteiger partial charge in [0.1, 0.15) is 5.75 Å². The average molecular weight is 394 g/mol. The van der Waals surface area contributed by atoms with Crippen LogP contribution < -0.4 is 15.2 Å². The first-order chi connectivity index (χ1) is 13.4. The van der Waals surface area contributed by atoms with E-state index in [9.17, 15) is 10.1 Å². The normalized spacial score (nSPS) is 16.1. The number of hydrogen-bond donors (Lipinski definition) is 0. The minimum absolute atomic E-state index is 0.0220. The third-order valence-electron chi connectivity index (χ3n) is 5.08. The fraction of sp³-hybridized carbons (Fsp3) is 0.217. The molecule has 1 unspecified atom stereocenters. The number of halogens is 1. The number of esters is 1. The molecule has 142 valence electrons. The van der Waals surface area contributed by atoms with E-state index in [0.717, 1.165) is 27.1 Å². The van der Waals surface area contributed by atoms with Gasteiger partial charge in [-0.1, -0.05) is 36.7 Å². The smallest absolute Gasteiger partial charge is 0.337 e. The summed E-state index contributed by atoms with van der Waals surface area (Å²) in [6.07, 6.45) is 0.567. The lowest BCUT2D eigenvalue weighted by atomic mass is 9.92. The third kappa shape index (κ3) is 3.42. The summed E-state index contributed by atoms with van der Waals surface area (Å²) < 4.78 is 10.4. The highest BCUT2D eigenvalue weighted by atomic mass is 35.5. The van der Waals surface area contributed by atoms with Crippen LogP contribution in [0.5, 0.6) is 5.75 Å². The summed E-state index contributed by atoms with van der Waals surface area (Å²) in [5, 5.41) is 11.6. The molecule has 0 aromatic heterocycles. The molecule has 1 atom stereocenters. The van der Waals surface area contributed by atoms with Crippen LogP contribution in [0.4, 0.5) is 0 Å². The molecule has 2 aromatic carbocycles. The van der Waals surface area contributed by atoms with Crippen LogP contribution in [0.1, 0.15) is 34.8 Å². The van der Waals surface area contributed by atoms with Gasteiger partial charge in [0.05, 0.1) is 31.4 Å². The van der Waals surface area contributed by atoms with Gasteiger partial charge < -0.3 is 9.47 Å². The maximum atomic E-state index is 12.1. The highest BCUT2D eigenvalue weighted by molar-refractivity contribution is 6.45. The second-order valence-corrected chi connectivity index (χ2v) is 7.07. The molecule has 0 amide bonds. The molecule has 0 aliphatic heterocycles. The summed E-state index contributed by atoms with van der Waals surface area (Å²) in [5.41, 5.74) is 3.69. The van der Waals surface area contributed by atoms with Crippen molar-refractivity contribution in [3.63, 3.8) is 0 Å². The van der Waals surface area contributed by atoms with Crippen molar-refractivity contribution in [2.45, 2.75) is 13.3 Å². The lowest BCUT2D eigenvalue weighted by Crippen LogP contribution is -2.30. The number of methoxy groups -OCH3 is 2. The Bertz CT molecular complexity index is 1140. The predicted molar refractivity (Wildman–Crippen MR) is 109 cm³/mol. The summed E-state index contributed by atoms with van der Waals surface area (Å²) in [7, 11) is 2.92. The van der Waals surface area contributed by atoms with Crippen LogP contribution in [-0.2, 0) is 4.74 Å². The number of benzene rings is 2. The van der Waals surface area contributed by atoms with Gasteiger partial charge in [0, 0.05) is 16.5 Å². The standard InChI is InChI=1S/C23H20ClNO3/c1-13-9-19(17-7-5-15(12-25)10-21(17)27-3)20-11-16(23(26)28-4)6-8-18(20)22(24)14(13)2/h5-8,10-11,14H,1,9H2,2-4H3. The molecule has 0 bridgehead atoms. The Morgan fingerprint density at radius 3 is 2.61 bits per heavy atom. The van der Waals surface area contributed by atoms with E-state index >= 15 is 0 Å². The van der Waals surface area contributed by atoms with Crippen LogP contribution in [-0.4, -0.2) is 20.2 Å². The van der Waals surface area contributed by atoms with Gasteiger partial charge in [-0.15, -0.1) is 0 Å². The number of rotatable bonds is 3. The minimum atomic E-state index is -0.416. The molecule has 0 N–H and O–H groups in total. The molecule has 0 spiro atoms. The first kappa shape index (κ1) is 19.7. The molecular formula is C23H20ClNO3. The van der Waals surface area contributed by atoms with Crippen LogP contribution >= 0.6 is 11.6 Å². The van der Waals surface area contributed by atoms with Crippen molar-refractivity contribution >= 4 is 28.2 Å². The fourth-order valence-corrected chi connectivity index (χ4v) is 3.70. The van der Waals surface area contributed by atoms with Gasteiger partial charge in [-0.05, 0) is 52.8 Å². The number of allylic oxidation sites excluding steroid dienone is 1. The Morgan fingerprint density at radius 2 is 1.96 bits per heavy atom. The average Bonchev–Trinajstić information content (AvgIpc) is 2.82. The molecule has 2 aromatic rings. The quantitative estimate of drug-likeness (QED) is 0.591. The van der Waals surface area contributed by atoms with E-state index in [1.807, 2.05) is 19.1 Å². The topological polar surface area (TPSA) is 59.3 Å². The monoisotopic (exact) mass is 393 g/mol. The van der Waals surface area contributed by atoms with Crippen molar-refractivity contribution in [2.24, 2.45) is 5.92 Å². The van der Waals surface area contributed by atoms with E-state index in [-0.39, 0.29) is 5.92 Å². The largest absolute Gasteiger partial charge is 0.496 e. The van der Waals surface area contributed by atoms with Crippen molar-refractivity contribution in [2.75, 3.05) is 14.2 Å². The number of hydrogen-bond acceptors (Lipinski definition) is 4. The van der Waals surface area contributed by atoms with E-state index in [0.29, 0.717) is 28.3 Å². The van der Waals surface area contributed by atoms with Gasteiger partial charge in [-0.3, -0.25) is 0 Å². The number of nitriles is 1. The highest BCUT2D eigenvalue weighted by Crippen LogP contribution is 2.34. The van der Waals surface area contributed by atoms with Crippen LogP contribution in [0, 0.1) is 17.2 Å². The van der Waals surface area contributed by atoms with Gasteiger partial charge in [-0.25, -0.2) is 4.79 Å². The van der Waals surface area contributed by atoms with Crippen molar-refractivity contribution in [1.29, 1.82) is 5.26 Å². The van der Waals surface area contributed by atoms with Crippen LogP contribution in [0.25, 0.3) is 10.6 Å². The summed E-state index contributed by atoms with van der Waals surface area (Å²) >= 11 is 6.69. The molecule has 0 heterocycles. The van der Waals surface area contributed by atoms with Crippen molar-refractivity contribution < 1.29 is 14.3 Å². The van der Waals surface area contributed by atoms with E-state index in [1.54, 1.807) is 31.4 Å². The Hall–Kier alpha value is -3.03. The lowest BCUT2D eigenvalue weighted by molar-refractivity contribution is 0.0600. The van der Waals surface area contributed by atoms with Crippen LogP contribution in [0.2, 0.25) is 0 Å². The van der Waals surface area contributed by atoms with Gasteiger partial charge in [-0.2, -0.15) is 5.26 Å². The first-order valence-corrected chi connectivity index (χ1v) is 9.16. The summed E-state index contributed by atoms with van der Waals surface area (Å²) in [5.74, 6) is 0.148. The van der Waals surface area contributed by atoms with E-state index in [2.05, 4.69) is 12.6 Å². The molecule has 0 saturated carbocycles. The maximum Gasteiger partial charge on any atom is 0.337 e. The van der Waals surface area contributed by atoms with Gasteiger partial charge in [0.25, 0.3) is 0 Å². The van der Waals surface area contributed by atoms with Crippen molar-refractivity contribution in [3.8, 4) is 11.8 Å². The predicted octanol–water partition coefficient (Wildman–Crippen LogP) is 3.50. The Kier molecular flexibility index (Phi) is 5.58. The first-order valence-electron chi connectivity index (χ1n) is 8.78. The Labute approximate surface area is 169 Å². The SMILES string of the molecule is C=C1CC(c2ccc(C#N)cc2OC)=c2cc(C(=O)OC)ccc2=C(Cl)C1C. The van der Waals surface area contributed by atoms with E-state index < -0.39 is 5.97 Å². The van der Waals surface area contributed by atoms with Crippen LogP contribution in [0.3, 0.4) is 0 Å². The molecule has 1 aliphatic carbocycles. The molecule has 28 heavy (non-hydrogen) atoms. The third-order valence-corrected chi connectivity index (χ3v) is 5.61. The number of nitrogens with zero attached hydrogens (tertiary/aromatic N) is 1. The summed E-state index contributed by atoms with van der Waals surface area (Å²) in [6, 6.07) is 12.8. The molecule has 4 nitrogen and oxygen atoms in total. The molecule has 0 radical (unpaired) electrons. The van der Waals surface area contributed by atoms with Gasteiger partial charge in [0.15, 0.2) is 0 Å². The summed E-state index contributed by atoms with van der Waals surface area (Å²) in [4.78, 5) is 12.1. The molecule has 3 rings (SSSR count). The molecule has 5 heteroatoms. The lowest BCUT2D eigenvalue weighted by Gasteiger charge is -2.15. The minimum Gasteiger partial charge on any atom is -0.496 e. The fourth-order valence-electron chi connectivity index (χ4n) is 3.39. The molecule has 1 aliphatic rings. The Balaban J connectivity index is 2.46. The van der Waals surface area contributed by atoms with Gasteiger partial charge >= 0.3 is 5.97 Å². The zero-order valence-corrected chi connectivity index (χ0v) is 16.8. The van der Waals surface area contributed by atoms with Crippen LogP contribution in [0.15, 0.2) is 48.6 Å². The van der Waals surface area contributed by atoms with E-state index in [4.69, 9.17) is 21.1 Å². The Morgan fingerprint density at radius 1 is 1.21 bits per heavy atom. The maximum absolute atomic E-state index is 12.1. The second-order valence-electron chi connectivity index (χ2n) is 6.66. The zero-order valence-electron chi connectivity index (χ0n) is 16.0. The molecule has 0 saturated heterocycles. The molecule has 0 fully saturated rings. The number of carbonyl (C=O) groups is 1. The number of carbonyl (C=O) groups excluding carboxylic acids is 1. The van der Waals surface area contributed by atoms with E-state index in [1.165, 1.54) is 7.11 Å².